The molecule has 1 atom stereocenters. The standard InChI is InChI=1S/C15H24N2/c1-12(2)15(7-5-4-6-8-17-15)14-9-13(3)10-16-11-14/h9-12,17H,4-8H2,1-3H3. The molecule has 0 bridgehead atoms. The molecule has 0 spiro atoms. The van der Waals surface area contributed by atoms with Crippen molar-refractivity contribution in [2.24, 2.45) is 5.92 Å². The van der Waals surface area contributed by atoms with Crippen molar-refractivity contribution in [1.29, 1.82) is 0 Å². The quantitative estimate of drug-likeness (QED) is 0.845. The Morgan fingerprint density at radius 3 is 2.76 bits per heavy atom. The van der Waals surface area contributed by atoms with Crippen LogP contribution in [0.1, 0.15) is 50.7 Å². The third-order valence-electron chi connectivity index (χ3n) is 4.06. The highest BCUT2D eigenvalue weighted by Gasteiger charge is 2.35. The first-order valence-corrected chi connectivity index (χ1v) is 6.82. The van der Waals surface area contributed by atoms with Crippen molar-refractivity contribution in [3.63, 3.8) is 0 Å². The molecule has 1 fully saturated rings. The Morgan fingerprint density at radius 2 is 2.06 bits per heavy atom. The van der Waals surface area contributed by atoms with Gasteiger partial charge in [0.15, 0.2) is 0 Å². The van der Waals surface area contributed by atoms with E-state index in [9.17, 15) is 0 Å². The van der Waals surface area contributed by atoms with E-state index in [2.05, 4.69) is 37.1 Å². The first-order valence-electron chi connectivity index (χ1n) is 6.82. The summed E-state index contributed by atoms with van der Waals surface area (Å²) in [5, 5.41) is 3.80. The predicted octanol–water partition coefficient (Wildman–Crippen LogP) is 3.40. The van der Waals surface area contributed by atoms with Gasteiger partial charge in [-0.15, -0.1) is 0 Å². The highest BCUT2D eigenvalue weighted by atomic mass is 15.0. The normalized spacial score (nSPS) is 25.9. The molecule has 1 N–H and O–H groups in total. The fourth-order valence-electron chi connectivity index (χ4n) is 2.98. The zero-order valence-electron chi connectivity index (χ0n) is 11.3. The van der Waals surface area contributed by atoms with Crippen LogP contribution in [0, 0.1) is 12.8 Å². The monoisotopic (exact) mass is 232 g/mol. The smallest absolute Gasteiger partial charge is 0.0473 e. The highest BCUT2D eigenvalue weighted by molar-refractivity contribution is 5.26. The second-order valence-electron chi connectivity index (χ2n) is 5.61. The highest BCUT2D eigenvalue weighted by Crippen LogP contribution is 2.36. The maximum absolute atomic E-state index is 4.38. The van der Waals surface area contributed by atoms with Gasteiger partial charge in [-0.2, -0.15) is 0 Å². The van der Waals surface area contributed by atoms with Gasteiger partial charge in [0.2, 0.25) is 0 Å². The zero-order valence-corrected chi connectivity index (χ0v) is 11.3. The van der Waals surface area contributed by atoms with Gasteiger partial charge < -0.3 is 5.32 Å². The molecule has 1 unspecified atom stereocenters. The van der Waals surface area contributed by atoms with Gasteiger partial charge in [-0.3, -0.25) is 4.98 Å². The molecule has 1 saturated heterocycles. The molecule has 0 radical (unpaired) electrons. The zero-order chi connectivity index (χ0) is 12.3. The van der Waals surface area contributed by atoms with Crippen LogP contribution in [0.5, 0.6) is 0 Å². The number of rotatable bonds is 2. The maximum atomic E-state index is 4.38. The molecule has 2 heteroatoms. The summed E-state index contributed by atoms with van der Waals surface area (Å²) < 4.78 is 0. The summed E-state index contributed by atoms with van der Waals surface area (Å²) in [6.07, 6.45) is 9.18. The van der Waals surface area contributed by atoms with Gasteiger partial charge in [-0.05, 0) is 43.4 Å². The third-order valence-corrected chi connectivity index (χ3v) is 4.06. The molecule has 1 aromatic rings. The molecule has 1 aliphatic rings. The van der Waals surface area contributed by atoms with Crippen LogP contribution in [-0.2, 0) is 5.54 Å². The molecule has 0 aliphatic carbocycles. The van der Waals surface area contributed by atoms with Crippen LogP contribution in [0.4, 0.5) is 0 Å². The van der Waals surface area contributed by atoms with E-state index in [1.165, 1.54) is 36.8 Å². The molecule has 1 aromatic heterocycles. The topological polar surface area (TPSA) is 24.9 Å². The molecular weight excluding hydrogens is 208 g/mol. The SMILES string of the molecule is Cc1cncc(C2(C(C)C)CCCCCN2)c1. The molecule has 0 amide bonds. The van der Waals surface area contributed by atoms with Crippen molar-refractivity contribution in [2.45, 2.75) is 52.0 Å². The van der Waals surface area contributed by atoms with E-state index in [0.717, 1.165) is 6.54 Å². The summed E-state index contributed by atoms with van der Waals surface area (Å²) in [6, 6.07) is 2.30. The van der Waals surface area contributed by atoms with E-state index in [4.69, 9.17) is 0 Å². The predicted molar refractivity (Wildman–Crippen MR) is 72.0 cm³/mol. The average molecular weight is 232 g/mol. The van der Waals surface area contributed by atoms with Crippen LogP contribution in [0.15, 0.2) is 18.5 Å². The van der Waals surface area contributed by atoms with E-state index in [-0.39, 0.29) is 5.54 Å². The summed E-state index contributed by atoms with van der Waals surface area (Å²) >= 11 is 0. The average Bonchev–Trinajstić information content (AvgIpc) is 2.55. The van der Waals surface area contributed by atoms with Gasteiger partial charge in [-0.1, -0.05) is 32.8 Å². The van der Waals surface area contributed by atoms with Crippen LogP contribution in [0.2, 0.25) is 0 Å². The van der Waals surface area contributed by atoms with Crippen molar-refractivity contribution in [3.05, 3.63) is 29.6 Å². The number of aromatic nitrogens is 1. The Balaban J connectivity index is 2.39. The minimum atomic E-state index is 0.134. The van der Waals surface area contributed by atoms with Crippen molar-refractivity contribution in [1.82, 2.24) is 10.3 Å². The second-order valence-corrected chi connectivity index (χ2v) is 5.61. The lowest BCUT2D eigenvalue weighted by Gasteiger charge is -2.38. The molecule has 0 aromatic carbocycles. The van der Waals surface area contributed by atoms with Gasteiger partial charge in [0.05, 0.1) is 0 Å². The number of aryl methyl sites for hydroxylation is 1. The molecular formula is C15H24N2. The summed E-state index contributed by atoms with van der Waals surface area (Å²) in [4.78, 5) is 4.38. The minimum absolute atomic E-state index is 0.134. The van der Waals surface area contributed by atoms with Crippen LogP contribution in [0.25, 0.3) is 0 Å². The lowest BCUT2D eigenvalue weighted by molar-refractivity contribution is 0.230. The van der Waals surface area contributed by atoms with Crippen LogP contribution in [-0.4, -0.2) is 11.5 Å². The molecule has 1 aliphatic heterocycles. The number of pyridine rings is 1. The Bertz CT molecular complexity index is 363. The largest absolute Gasteiger partial charge is 0.307 e. The maximum Gasteiger partial charge on any atom is 0.0473 e. The van der Waals surface area contributed by atoms with Crippen LogP contribution < -0.4 is 5.32 Å². The number of hydrogen-bond donors (Lipinski definition) is 1. The van der Waals surface area contributed by atoms with E-state index < -0.39 is 0 Å². The van der Waals surface area contributed by atoms with Crippen molar-refractivity contribution in [3.8, 4) is 0 Å². The molecule has 0 saturated carbocycles. The number of nitrogens with one attached hydrogen (secondary N) is 1. The summed E-state index contributed by atoms with van der Waals surface area (Å²) in [5.41, 5.74) is 2.76. The van der Waals surface area contributed by atoms with E-state index in [0.29, 0.717) is 5.92 Å². The van der Waals surface area contributed by atoms with Gasteiger partial charge in [0.25, 0.3) is 0 Å². The van der Waals surface area contributed by atoms with E-state index in [1.807, 2.05) is 12.4 Å². The fraction of sp³-hybridized carbons (Fsp3) is 0.667. The molecule has 2 nitrogen and oxygen atoms in total. The van der Waals surface area contributed by atoms with Gasteiger partial charge in [0, 0.05) is 17.9 Å². The Kier molecular flexibility index (Phi) is 3.82. The molecule has 17 heavy (non-hydrogen) atoms. The van der Waals surface area contributed by atoms with Gasteiger partial charge >= 0.3 is 0 Å². The lowest BCUT2D eigenvalue weighted by atomic mass is 9.77. The molecule has 2 heterocycles. The summed E-state index contributed by atoms with van der Waals surface area (Å²) in [5.74, 6) is 0.601. The van der Waals surface area contributed by atoms with Crippen molar-refractivity contribution in [2.75, 3.05) is 6.54 Å². The van der Waals surface area contributed by atoms with Crippen LogP contribution in [0.3, 0.4) is 0 Å². The number of nitrogens with zero attached hydrogens (tertiary/aromatic N) is 1. The van der Waals surface area contributed by atoms with Gasteiger partial charge in [0.1, 0.15) is 0 Å². The lowest BCUT2D eigenvalue weighted by Crippen LogP contribution is -2.46. The number of hydrogen-bond acceptors (Lipinski definition) is 2. The van der Waals surface area contributed by atoms with E-state index >= 15 is 0 Å². The van der Waals surface area contributed by atoms with Gasteiger partial charge in [-0.25, -0.2) is 0 Å². The fourth-order valence-corrected chi connectivity index (χ4v) is 2.98. The first-order chi connectivity index (χ1) is 8.15. The van der Waals surface area contributed by atoms with Crippen molar-refractivity contribution >= 4 is 0 Å². The molecule has 2 rings (SSSR count). The molecule has 94 valence electrons. The first kappa shape index (κ1) is 12.6. The van der Waals surface area contributed by atoms with Crippen molar-refractivity contribution < 1.29 is 0 Å². The summed E-state index contributed by atoms with van der Waals surface area (Å²) in [7, 11) is 0. The van der Waals surface area contributed by atoms with Crippen LogP contribution >= 0.6 is 0 Å². The van der Waals surface area contributed by atoms with E-state index in [1.54, 1.807) is 0 Å². The Labute approximate surface area is 105 Å². The Morgan fingerprint density at radius 1 is 1.24 bits per heavy atom. The summed E-state index contributed by atoms with van der Waals surface area (Å²) in [6.45, 7) is 7.90. The Hall–Kier alpha value is -0.890. The third kappa shape index (κ3) is 2.52. The second kappa shape index (κ2) is 5.18. The minimum Gasteiger partial charge on any atom is -0.307 e.